The fourth-order valence-corrected chi connectivity index (χ4v) is 4.62. The number of aryl methyl sites for hydroxylation is 1. The molecule has 1 unspecified atom stereocenters. The second-order valence-corrected chi connectivity index (χ2v) is 11.9. The third-order valence-corrected chi connectivity index (χ3v) is 6.91. The van der Waals surface area contributed by atoms with Crippen LogP contribution in [0.25, 0.3) is 10.1 Å². The predicted molar refractivity (Wildman–Crippen MR) is 167 cm³/mol. The molecule has 0 bridgehead atoms. The van der Waals surface area contributed by atoms with E-state index in [1.807, 2.05) is 88.4 Å². The number of carbonyl (C=O) groups excluding carboxylic acids is 1. The molecule has 0 aliphatic rings. The van der Waals surface area contributed by atoms with Crippen LogP contribution in [0.1, 0.15) is 43.0 Å². The summed E-state index contributed by atoms with van der Waals surface area (Å²) in [4.78, 5) is 31.2. The van der Waals surface area contributed by atoms with E-state index in [4.69, 9.17) is 40.4 Å². The van der Waals surface area contributed by atoms with Crippen LogP contribution in [0.5, 0.6) is 5.75 Å². The summed E-state index contributed by atoms with van der Waals surface area (Å²) in [6.45, 7) is 7.91. The minimum Gasteiger partial charge on any atom is -0.481 e. The van der Waals surface area contributed by atoms with Gasteiger partial charge in [-0.2, -0.15) is 31.4 Å². The van der Waals surface area contributed by atoms with Gasteiger partial charge in [-0.1, -0.05) is 36.4 Å². The number of nitrogens with one attached hydrogen (secondary N) is 2. The van der Waals surface area contributed by atoms with E-state index in [1.54, 1.807) is 4.68 Å². The molecule has 12 nitrogen and oxygen atoms in total. The van der Waals surface area contributed by atoms with Crippen molar-refractivity contribution >= 4 is 51.1 Å². The van der Waals surface area contributed by atoms with Crippen molar-refractivity contribution < 1.29 is 60.4 Å². The van der Waals surface area contributed by atoms with Gasteiger partial charge >= 0.3 is 30.4 Å². The Kier molecular flexibility index (Phi) is 13.2. The molecular weight excluding hydrogens is 688 g/mol. The van der Waals surface area contributed by atoms with Crippen molar-refractivity contribution in [2.45, 2.75) is 51.7 Å². The molecule has 4 rings (SSSR count). The lowest BCUT2D eigenvalue weighted by Gasteiger charge is -2.23. The van der Waals surface area contributed by atoms with E-state index in [0.717, 1.165) is 21.3 Å². The molecule has 1 amide bonds. The number of hydrogen-bond donors (Lipinski definition) is 5. The molecule has 19 heteroatoms. The molecule has 0 saturated carbocycles. The number of nitrogens with zero attached hydrogens (tertiary/aromatic N) is 2. The van der Waals surface area contributed by atoms with Gasteiger partial charge in [0.1, 0.15) is 24.0 Å². The van der Waals surface area contributed by atoms with Gasteiger partial charge in [0, 0.05) is 16.2 Å². The number of hydrogen-bond acceptors (Lipinski definition) is 8. The molecule has 2 heterocycles. The molecule has 0 saturated heterocycles. The first-order chi connectivity index (χ1) is 22.5. The number of halogens is 6. The highest BCUT2D eigenvalue weighted by Crippen LogP contribution is 2.35. The molecule has 266 valence electrons. The van der Waals surface area contributed by atoms with E-state index in [2.05, 4.69) is 10.4 Å². The average Bonchev–Trinajstić information content (AvgIpc) is 3.59. The van der Waals surface area contributed by atoms with Gasteiger partial charge in [-0.25, -0.2) is 19.1 Å². The molecule has 0 radical (unpaired) electrons. The summed E-state index contributed by atoms with van der Waals surface area (Å²) < 4.78 is 78.2. The van der Waals surface area contributed by atoms with Crippen LogP contribution in [0, 0.1) is 12.3 Å². The number of benzene rings is 2. The van der Waals surface area contributed by atoms with Gasteiger partial charge in [0.25, 0.3) is 0 Å². The number of carboxylic acids is 2. The number of thiophene rings is 1. The normalized spacial score (nSPS) is 12.0. The first-order valence-corrected chi connectivity index (χ1v) is 14.5. The van der Waals surface area contributed by atoms with E-state index in [-0.39, 0.29) is 18.0 Å². The van der Waals surface area contributed by atoms with E-state index in [9.17, 15) is 31.1 Å². The number of rotatable bonds is 7. The van der Waals surface area contributed by atoms with Gasteiger partial charge in [0.05, 0.1) is 16.1 Å². The van der Waals surface area contributed by atoms with Crippen LogP contribution in [0.4, 0.5) is 37.0 Å². The molecule has 6 N–H and O–H groups in total. The number of anilines is 1. The van der Waals surface area contributed by atoms with Crippen molar-refractivity contribution in [1.82, 2.24) is 9.78 Å². The number of fused-ring (bicyclic) bond motifs is 1. The van der Waals surface area contributed by atoms with Crippen LogP contribution in [0.3, 0.4) is 0 Å². The summed E-state index contributed by atoms with van der Waals surface area (Å²) in [7, 11) is 0. The molecule has 2 aromatic heterocycles. The number of amides is 1. The number of nitrogen functional groups attached to an aromatic ring is 1. The lowest BCUT2D eigenvalue weighted by Crippen LogP contribution is -2.28. The molecule has 49 heavy (non-hydrogen) atoms. The fraction of sp³-hybridized carbons (Fsp3) is 0.300. The minimum absolute atomic E-state index is 0.00141. The lowest BCUT2D eigenvalue weighted by atomic mass is 10.1. The standard InChI is InChI=1S/C26H29N5O3S.2C2HF3O2/c1-16-13-23(31(30-16)26(2,3)4)29-25(32)33-15-20(17-9-6-5-7-10-17)34-19-11-8-12-21-18(19)14-22(35-21)24(27)28;2*3-2(4,5)1(6)7/h5-14,20H,15H2,1-4H3,(H3,27,28)(H,29,32);2*(H,6,7). The van der Waals surface area contributed by atoms with Gasteiger partial charge < -0.3 is 25.4 Å². The number of ether oxygens (including phenoxy) is 2. The monoisotopic (exact) mass is 719 g/mol. The zero-order chi connectivity index (χ0) is 37.3. The van der Waals surface area contributed by atoms with Crippen molar-refractivity contribution in [1.29, 1.82) is 5.41 Å². The molecule has 4 aromatic rings. The smallest absolute Gasteiger partial charge is 0.481 e. The number of carboxylic acid groups (broad SMARTS) is 2. The second-order valence-electron chi connectivity index (χ2n) is 10.8. The molecule has 0 aliphatic carbocycles. The first kappa shape index (κ1) is 39.8. The minimum atomic E-state index is -5.08. The summed E-state index contributed by atoms with van der Waals surface area (Å²) in [6, 6.07) is 19.0. The van der Waals surface area contributed by atoms with Gasteiger partial charge in [-0.05, 0) is 51.5 Å². The highest BCUT2D eigenvalue weighted by atomic mass is 32.1. The number of aliphatic carboxylic acids is 2. The third kappa shape index (κ3) is 12.3. The topological polar surface area (TPSA) is 190 Å². The molecule has 0 spiro atoms. The summed E-state index contributed by atoms with van der Waals surface area (Å²) in [5.74, 6) is -4.30. The van der Waals surface area contributed by atoms with Crippen molar-refractivity contribution in [2.24, 2.45) is 5.73 Å². The molecule has 0 fully saturated rings. The number of nitrogens with two attached hydrogens (primary N) is 1. The first-order valence-electron chi connectivity index (χ1n) is 13.7. The Morgan fingerprint density at radius 1 is 0.959 bits per heavy atom. The van der Waals surface area contributed by atoms with E-state index >= 15 is 0 Å². The van der Waals surface area contributed by atoms with Gasteiger partial charge in [-0.3, -0.25) is 10.7 Å². The summed E-state index contributed by atoms with van der Waals surface area (Å²) in [6.07, 6.45) is -11.3. The Labute approximate surface area is 278 Å². The molecule has 2 aromatic carbocycles. The Balaban J connectivity index is 0.000000500. The fourth-order valence-electron chi connectivity index (χ4n) is 3.68. The van der Waals surface area contributed by atoms with Crippen molar-refractivity contribution in [2.75, 3.05) is 11.9 Å². The number of aromatic nitrogens is 2. The van der Waals surface area contributed by atoms with Gasteiger partial charge in [0.15, 0.2) is 6.10 Å². The summed E-state index contributed by atoms with van der Waals surface area (Å²) in [5.41, 5.74) is 7.06. The Morgan fingerprint density at radius 2 is 1.51 bits per heavy atom. The largest absolute Gasteiger partial charge is 0.490 e. The van der Waals surface area contributed by atoms with Gasteiger partial charge in [0.2, 0.25) is 0 Å². The number of alkyl halides is 6. The Bertz CT molecular complexity index is 1740. The number of carbonyl (C=O) groups is 3. The van der Waals surface area contributed by atoms with Crippen LogP contribution in [-0.4, -0.2) is 62.8 Å². The van der Waals surface area contributed by atoms with E-state index < -0.39 is 36.5 Å². The zero-order valence-electron chi connectivity index (χ0n) is 26.1. The maximum atomic E-state index is 12.7. The molecule has 0 aliphatic heterocycles. The van der Waals surface area contributed by atoms with Crippen LogP contribution in [0.2, 0.25) is 0 Å². The van der Waals surface area contributed by atoms with Crippen LogP contribution in [0.15, 0.2) is 60.7 Å². The maximum absolute atomic E-state index is 12.7. The number of amidine groups is 1. The SMILES string of the molecule is Cc1cc(NC(=O)OCC(Oc2cccc3sc(C(=N)N)cc23)c2ccccc2)n(C(C)(C)C)n1.O=C(O)C(F)(F)F.O=C(O)C(F)(F)F. The van der Waals surface area contributed by atoms with Crippen LogP contribution < -0.4 is 15.8 Å². The van der Waals surface area contributed by atoms with E-state index in [0.29, 0.717) is 16.4 Å². The quantitative estimate of drug-likeness (QED) is 0.0755. The van der Waals surface area contributed by atoms with Crippen LogP contribution in [-0.2, 0) is 19.9 Å². The maximum Gasteiger partial charge on any atom is 0.490 e. The molecular formula is C30H31F6N5O7S. The van der Waals surface area contributed by atoms with E-state index in [1.165, 1.54) is 11.3 Å². The highest BCUT2D eigenvalue weighted by Gasteiger charge is 2.39. The Morgan fingerprint density at radius 3 is 2.00 bits per heavy atom. The van der Waals surface area contributed by atoms with Crippen LogP contribution >= 0.6 is 11.3 Å². The third-order valence-electron chi connectivity index (χ3n) is 5.78. The zero-order valence-corrected chi connectivity index (χ0v) is 27.0. The summed E-state index contributed by atoms with van der Waals surface area (Å²) in [5, 5.41) is 30.1. The predicted octanol–water partition coefficient (Wildman–Crippen LogP) is 7.08. The van der Waals surface area contributed by atoms with Crippen molar-refractivity contribution in [3.63, 3.8) is 0 Å². The van der Waals surface area contributed by atoms with Crippen molar-refractivity contribution in [3.05, 3.63) is 76.8 Å². The second kappa shape index (κ2) is 16.2. The average molecular weight is 720 g/mol. The highest BCUT2D eigenvalue weighted by molar-refractivity contribution is 7.20. The summed E-state index contributed by atoms with van der Waals surface area (Å²) >= 11 is 1.43. The van der Waals surface area contributed by atoms with Crippen molar-refractivity contribution in [3.8, 4) is 5.75 Å². The Hall–Kier alpha value is -5.33. The lowest BCUT2D eigenvalue weighted by molar-refractivity contribution is -0.193. The van der Waals surface area contributed by atoms with Gasteiger partial charge in [-0.15, -0.1) is 11.3 Å². The molecule has 1 atom stereocenters.